The molecule has 21 heavy (non-hydrogen) atoms. The Bertz CT molecular complexity index is 609. The van der Waals surface area contributed by atoms with Gasteiger partial charge in [-0.25, -0.2) is 0 Å². The van der Waals surface area contributed by atoms with E-state index in [0.29, 0.717) is 17.4 Å². The zero-order chi connectivity index (χ0) is 15.2. The van der Waals surface area contributed by atoms with Gasteiger partial charge in [-0.05, 0) is 42.5 Å². The van der Waals surface area contributed by atoms with Crippen molar-refractivity contribution in [1.29, 1.82) is 5.26 Å². The Morgan fingerprint density at radius 1 is 1.05 bits per heavy atom. The summed E-state index contributed by atoms with van der Waals surface area (Å²) in [5, 5.41) is 19.8. The topological polar surface area (TPSA) is 61.6 Å². The van der Waals surface area contributed by atoms with Crippen LogP contribution in [0.25, 0.3) is 0 Å². The SMILES string of the molecule is CC(Cc1ccc(C(C)C)cc1)Nc1ccc(C#N)nn1. The van der Waals surface area contributed by atoms with Crippen LogP contribution in [0.15, 0.2) is 36.4 Å². The van der Waals surface area contributed by atoms with Crippen molar-refractivity contribution in [2.75, 3.05) is 5.32 Å². The highest BCUT2D eigenvalue weighted by molar-refractivity contribution is 5.37. The fourth-order valence-corrected chi connectivity index (χ4v) is 2.16. The molecule has 0 spiro atoms. The minimum Gasteiger partial charge on any atom is -0.366 e. The van der Waals surface area contributed by atoms with E-state index < -0.39 is 0 Å². The van der Waals surface area contributed by atoms with Crippen LogP contribution in [-0.4, -0.2) is 16.2 Å². The third-order valence-electron chi connectivity index (χ3n) is 3.36. The first-order valence-electron chi connectivity index (χ1n) is 7.17. The first kappa shape index (κ1) is 15.0. The quantitative estimate of drug-likeness (QED) is 0.910. The van der Waals surface area contributed by atoms with Crippen molar-refractivity contribution >= 4 is 5.82 Å². The number of benzene rings is 1. The predicted octanol–water partition coefficient (Wildman–Crippen LogP) is 3.51. The number of rotatable bonds is 5. The van der Waals surface area contributed by atoms with Crippen molar-refractivity contribution in [3.8, 4) is 6.07 Å². The smallest absolute Gasteiger partial charge is 0.163 e. The summed E-state index contributed by atoms with van der Waals surface area (Å²) in [5.41, 5.74) is 2.98. The number of aromatic nitrogens is 2. The number of hydrogen-bond donors (Lipinski definition) is 1. The van der Waals surface area contributed by atoms with Crippen LogP contribution in [0, 0.1) is 11.3 Å². The molecule has 1 aromatic heterocycles. The Morgan fingerprint density at radius 3 is 2.29 bits per heavy atom. The maximum atomic E-state index is 8.69. The lowest BCUT2D eigenvalue weighted by molar-refractivity contribution is 0.776. The lowest BCUT2D eigenvalue weighted by atomic mass is 9.99. The molecule has 0 saturated heterocycles. The zero-order valence-corrected chi connectivity index (χ0v) is 12.7. The van der Waals surface area contributed by atoms with Gasteiger partial charge < -0.3 is 5.32 Å². The van der Waals surface area contributed by atoms with Gasteiger partial charge in [-0.3, -0.25) is 0 Å². The highest BCUT2D eigenvalue weighted by Crippen LogP contribution is 2.16. The first-order valence-corrected chi connectivity index (χ1v) is 7.17. The van der Waals surface area contributed by atoms with Gasteiger partial charge in [-0.2, -0.15) is 5.26 Å². The Hall–Kier alpha value is -2.41. The maximum absolute atomic E-state index is 8.69. The van der Waals surface area contributed by atoms with E-state index in [1.54, 1.807) is 12.1 Å². The number of hydrogen-bond acceptors (Lipinski definition) is 4. The lowest BCUT2D eigenvalue weighted by Gasteiger charge is -2.14. The van der Waals surface area contributed by atoms with Gasteiger partial charge in [-0.15, -0.1) is 10.2 Å². The van der Waals surface area contributed by atoms with Crippen LogP contribution in [0.3, 0.4) is 0 Å². The largest absolute Gasteiger partial charge is 0.366 e. The monoisotopic (exact) mass is 280 g/mol. The number of nitriles is 1. The predicted molar refractivity (Wildman–Crippen MR) is 84.1 cm³/mol. The zero-order valence-electron chi connectivity index (χ0n) is 12.7. The summed E-state index contributed by atoms with van der Waals surface area (Å²) in [6.07, 6.45) is 0.917. The van der Waals surface area contributed by atoms with Crippen LogP contribution >= 0.6 is 0 Å². The van der Waals surface area contributed by atoms with Crippen molar-refractivity contribution < 1.29 is 0 Å². The molecule has 1 N–H and O–H groups in total. The minimum absolute atomic E-state index is 0.247. The van der Waals surface area contributed by atoms with E-state index in [0.717, 1.165) is 6.42 Å². The number of nitrogens with zero attached hydrogens (tertiary/aromatic N) is 3. The summed E-state index contributed by atoms with van der Waals surface area (Å²) in [6, 6.07) is 14.4. The van der Waals surface area contributed by atoms with E-state index >= 15 is 0 Å². The Labute approximate surface area is 125 Å². The van der Waals surface area contributed by atoms with Gasteiger partial charge in [0.1, 0.15) is 11.9 Å². The molecule has 0 aliphatic rings. The average molecular weight is 280 g/mol. The van der Waals surface area contributed by atoms with Gasteiger partial charge in [0.2, 0.25) is 0 Å². The second-order valence-corrected chi connectivity index (χ2v) is 5.56. The molecule has 2 aromatic rings. The second kappa shape index (κ2) is 6.85. The summed E-state index contributed by atoms with van der Waals surface area (Å²) in [5.74, 6) is 1.25. The van der Waals surface area contributed by atoms with E-state index in [2.05, 4.69) is 60.6 Å². The third-order valence-corrected chi connectivity index (χ3v) is 3.36. The summed E-state index contributed by atoms with van der Waals surface area (Å²) in [6.45, 7) is 6.50. The van der Waals surface area contributed by atoms with Crippen LogP contribution in [-0.2, 0) is 6.42 Å². The van der Waals surface area contributed by atoms with Gasteiger partial charge in [0.25, 0.3) is 0 Å². The minimum atomic E-state index is 0.247. The molecule has 0 saturated carbocycles. The van der Waals surface area contributed by atoms with Gasteiger partial charge in [0.15, 0.2) is 5.69 Å². The van der Waals surface area contributed by atoms with Crippen molar-refractivity contribution in [2.24, 2.45) is 0 Å². The van der Waals surface area contributed by atoms with Crippen LogP contribution in [0.1, 0.15) is 43.5 Å². The number of nitrogens with one attached hydrogen (secondary N) is 1. The van der Waals surface area contributed by atoms with Gasteiger partial charge >= 0.3 is 0 Å². The van der Waals surface area contributed by atoms with Crippen LogP contribution in [0.2, 0.25) is 0 Å². The van der Waals surface area contributed by atoms with Crippen molar-refractivity contribution in [3.63, 3.8) is 0 Å². The normalized spacial score (nSPS) is 12.0. The molecule has 4 nitrogen and oxygen atoms in total. The van der Waals surface area contributed by atoms with Crippen LogP contribution in [0.4, 0.5) is 5.82 Å². The Balaban J connectivity index is 1.94. The molecule has 1 atom stereocenters. The third kappa shape index (κ3) is 4.28. The van der Waals surface area contributed by atoms with Crippen molar-refractivity contribution in [1.82, 2.24) is 10.2 Å². The molecule has 0 bridgehead atoms. The summed E-state index contributed by atoms with van der Waals surface area (Å²) in [4.78, 5) is 0. The highest BCUT2D eigenvalue weighted by Gasteiger charge is 2.06. The average Bonchev–Trinajstić information content (AvgIpc) is 2.48. The first-order chi connectivity index (χ1) is 10.1. The Morgan fingerprint density at radius 2 is 1.76 bits per heavy atom. The molecule has 1 unspecified atom stereocenters. The van der Waals surface area contributed by atoms with E-state index in [1.165, 1.54) is 11.1 Å². The van der Waals surface area contributed by atoms with E-state index in [9.17, 15) is 0 Å². The summed E-state index contributed by atoms with van der Waals surface area (Å²) < 4.78 is 0. The molecular formula is C17H20N4. The Kier molecular flexibility index (Phi) is 4.89. The van der Waals surface area contributed by atoms with Crippen LogP contribution in [0.5, 0.6) is 0 Å². The molecule has 0 fully saturated rings. The molecular weight excluding hydrogens is 260 g/mol. The summed E-state index contributed by atoms with van der Waals surface area (Å²) in [7, 11) is 0. The lowest BCUT2D eigenvalue weighted by Crippen LogP contribution is -2.19. The van der Waals surface area contributed by atoms with Crippen molar-refractivity contribution in [3.05, 3.63) is 53.2 Å². The van der Waals surface area contributed by atoms with Crippen LogP contribution < -0.4 is 5.32 Å². The van der Waals surface area contributed by atoms with Gasteiger partial charge in [0, 0.05) is 6.04 Å². The molecule has 0 aliphatic heterocycles. The van der Waals surface area contributed by atoms with Gasteiger partial charge in [0.05, 0.1) is 0 Å². The molecule has 0 radical (unpaired) electrons. The fourth-order valence-electron chi connectivity index (χ4n) is 2.16. The van der Waals surface area contributed by atoms with E-state index in [1.807, 2.05) is 6.07 Å². The molecule has 2 rings (SSSR count). The maximum Gasteiger partial charge on any atom is 0.163 e. The fraction of sp³-hybridized carbons (Fsp3) is 0.353. The molecule has 1 heterocycles. The standard InChI is InChI=1S/C17H20N4/c1-12(2)15-6-4-14(5-7-15)10-13(3)19-17-9-8-16(11-18)20-21-17/h4-9,12-13H,10H2,1-3H3,(H,19,21). The molecule has 0 amide bonds. The molecule has 108 valence electrons. The molecule has 4 heteroatoms. The summed E-state index contributed by atoms with van der Waals surface area (Å²) >= 11 is 0. The molecule has 1 aromatic carbocycles. The second-order valence-electron chi connectivity index (χ2n) is 5.56. The van der Waals surface area contributed by atoms with E-state index in [-0.39, 0.29) is 6.04 Å². The van der Waals surface area contributed by atoms with Gasteiger partial charge in [-0.1, -0.05) is 38.1 Å². The molecule has 0 aliphatic carbocycles. The van der Waals surface area contributed by atoms with E-state index in [4.69, 9.17) is 5.26 Å². The van der Waals surface area contributed by atoms with Crippen molar-refractivity contribution in [2.45, 2.75) is 39.2 Å². The number of anilines is 1. The highest BCUT2D eigenvalue weighted by atomic mass is 15.2.